The van der Waals surface area contributed by atoms with Crippen molar-refractivity contribution >= 4 is 32.4 Å². The Bertz CT molecular complexity index is 808. The third kappa shape index (κ3) is 3.48. The molecule has 0 aliphatic heterocycles. The minimum Gasteiger partial charge on any atom is -0.301 e. The Morgan fingerprint density at radius 2 is 2.00 bits per heavy atom. The summed E-state index contributed by atoms with van der Waals surface area (Å²) in [6.45, 7) is 5.10. The van der Waals surface area contributed by atoms with Crippen molar-refractivity contribution in [1.82, 2.24) is 24.7 Å². The van der Waals surface area contributed by atoms with Gasteiger partial charge in [0.25, 0.3) is 10.0 Å². The molecular formula is C11H16N6O3S2. The highest BCUT2D eigenvalue weighted by Gasteiger charge is 2.21. The number of anilines is 1. The van der Waals surface area contributed by atoms with Crippen molar-refractivity contribution in [2.45, 2.75) is 31.7 Å². The molecule has 1 amide bonds. The van der Waals surface area contributed by atoms with E-state index in [9.17, 15) is 13.2 Å². The van der Waals surface area contributed by atoms with Gasteiger partial charge in [0.15, 0.2) is 0 Å². The number of hydrogen-bond donors (Lipinski definition) is 2. The van der Waals surface area contributed by atoms with Crippen molar-refractivity contribution in [2.24, 2.45) is 7.05 Å². The van der Waals surface area contributed by atoms with Crippen LogP contribution < -0.4 is 10.0 Å². The molecule has 0 saturated heterocycles. The van der Waals surface area contributed by atoms with Crippen LogP contribution in [0, 0.1) is 13.8 Å². The second kappa shape index (κ2) is 6.10. The van der Waals surface area contributed by atoms with Gasteiger partial charge in [-0.1, -0.05) is 11.3 Å². The Balaban J connectivity index is 2.14. The molecule has 0 aliphatic rings. The first-order valence-electron chi connectivity index (χ1n) is 6.30. The van der Waals surface area contributed by atoms with Gasteiger partial charge >= 0.3 is 0 Å². The molecule has 2 aromatic rings. The number of aromatic nitrogens is 4. The zero-order chi connectivity index (χ0) is 16.5. The van der Waals surface area contributed by atoms with Crippen LogP contribution in [0.1, 0.15) is 23.9 Å². The summed E-state index contributed by atoms with van der Waals surface area (Å²) in [6, 6.07) is 0. The standard InChI is InChI=1S/C11H16N6O3S2/c1-6-9(7(2)17(4)16-6)5-12-22(19,20)11-15-14-10(21-11)13-8(3)18/h12H,5H2,1-4H3,(H,13,14,18). The molecule has 2 rings (SSSR count). The lowest BCUT2D eigenvalue weighted by Crippen LogP contribution is -2.23. The molecule has 0 radical (unpaired) electrons. The van der Waals surface area contributed by atoms with Crippen LogP contribution in [0.3, 0.4) is 0 Å². The second-order valence-corrected chi connectivity index (χ2v) is 7.57. The molecule has 0 saturated carbocycles. The number of hydrogen-bond acceptors (Lipinski definition) is 7. The molecule has 2 heterocycles. The summed E-state index contributed by atoms with van der Waals surface area (Å²) in [4.78, 5) is 10.9. The third-order valence-electron chi connectivity index (χ3n) is 3.02. The number of amides is 1. The summed E-state index contributed by atoms with van der Waals surface area (Å²) < 4.78 is 28.3. The second-order valence-electron chi connectivity index (χ2n) is 4.65. The summed E-state index contributed by atoms with van der Waals surface area (Å²) in [5.74, 6) is -0.338. The number of carbonyl (C=O) groups excluding carboxylic acids is 1. The zero-order valence-corrected chi connectivity index (χ0v) is 14.2. The molecule has 0 spiro atoms. The minimum absolute atomic E-state index is 0.114. The lowest BCUT2D eigenvalue weighted by atomic mass is 10.2. The van der Waals surface area contributed by atoms with E-state index in [2.05, 4.69) is 25.3 Å². The lowest BCUT2D eigenvalue weighted by molar-refractivity contribution is -0.114. The van der Waals surface area contributed by atoms with E-state index in [4.69, 9.17) is 0 Å². The molecule has 2 aromatic heterocycles. The van der Waals surface area contributed by atoms with Gasteiger partial charge in [0.05, 0.1) is 5.69 Å². The van der Waals surface area contributed by atoms with Crippen molar-refractivity contribution in [2.75, 3.05) is 5.32 Å². The van der Waals surface area contributed by atoms with Gasteiger partial charge in [-0.2, -0.15) is 5.10 Å². The van der Waals surface area contributed by atoms with Gasteiger partial charge in [0.2, 0.25) is 15.4 Å². The van der Waals surface area contributed by atoms with E-state index >= 15 is 0 Å². The van der Waals surface area contributed by atoms with Crippen LogP contribution in [0.4, 0.5) is 5.13 Å². The number of sulfonamides is 1. The van der Waals surface area contributed by atoms with Gasteiger partial charge in [0, 0.05) is 31.8 Å². The van der Waals surface area contributed by atoms with Gasteiger partial charge in [0.1, 0.15) is 0 Å². The maximum atomic E-state index is 12.2. The van der Waals surface area contributed by atoms with Gasteiger partial charge in [-0.25, -0.2) is 13.1 Å². The number of aryl methyl sites for hydroxylation is 2. The maximum absolute atomic E-state index is 12.2. The molecule has 120 valence electrons. The van der Waals surface area contributed by atoms with Gasteiger partial charge in [-0.3, -0.25) is 9.48 Å². The van der Waals surface area contributed by atoms with Crippen molar-refractivity contribution in [3.05, 3.63) is 17.0 Å². The molecule has 0 fully saturated rings. The number of carbonyl (C=O) groups is 1. The van der Waals surface area contributed by atoms with E-state index in [0.717, 1.165) is 28.3 Å². The largest absolute Gasteiger partial charge is 0.301 e. The topological polar surface area (TPSA) is 119 Å². The van der Waals surface area contributed by atoms with E-state index in [0.29, 0.717) is 0 Å². The SMILES string of the molecule is CC(=O)Nc1nnc(S(=O)(=O)NCc2c(C)nn(C)c2C)s1. The number of nitrogens with zero attached hydrogens (tertiary/aromatic N) is 4. The Labute approximate surface area is 131 Å². The maximum Gasteiger partial charge on any atom is 0.270 e. The molecule has 0 aromatic carbocycles. The quantitative estimate of drug-likeness (QED) is 0.754. The molecule has 22 heavy (non-hydrogen) atoms. The molecular weight excluding hydrogens is 328 g/mol. The summed E-state index contributed by atoms with van der Waals surface area (Å²) >= 11 is 0.791. The molecule has 0 bridgehead atoms. The predicted molar refractivity (Wildman–Crippen MR) is 80.9 cm³/mol. The van der Waals surface area contributed by atoms with Crippen LogP contribution in [-0.4, -0.2) is 34.3 Å². The Hall–Kier alpha value is -1.85. The average Bonchev–Trinajstić information content (AvgIpc) is 2.94. The van der Waals surface area contributed by atoms with Crippen LogP contribution >= 0.6 is 11.3 Å². The van der Waals surface area contributed by atoms with E-state index in [1.165, 1.54) is 6.92 Å². The van der Waals surface area contributed by atoms with Crippen molar-refractivity contribution in [1.29, 1.82) is 0 Å². The molecule has 9 nitrogen and oxygen atoms in total. The van der Waals surface area contributed by atoms with Crippen molar-refractivity contribution in [3.63, 3.8) is 0 Å². The first kappa shape index (κ1) is 16.5. The zero-order valence-electron chi connectivity index (χ0n) is 12.5. The van der Waals surface area contributed by atoms with E-state index in [1.807, 2.05) is 13.8 Å². The third-order valence-corrected chi connectivity index (χ3v) is 5.62. The van der Waals surface area contributed by atoms with Gasteiger partial charge in [-0.15, -0.1) is 10.2 Å². The van der Waals surface area contributed by atoms with Crippen LogP contribution in [-0.2, 0) is 28.4 Å². The van der Waals surface area contributed by atoms with E-state index in [1.54, 1.807) is 11.7 Å². The molecule has 0 unspecified atom stereocenters. The Morgan fingerprint density at radius 3 is 2.55 bits per heavy atom. The summed E-state index contributed by atoms with van der Waals surface area (Å²) in [7, 11) is -1.99. The summed E-state index contributed by atoms with van der Waals surface area (Å²) in [5.41, 5.74) is 2.47. The van der Waals surface area contributed by atoms with E-state index < -0.39 is 10.0 Å². The minimum atomic E-state index is -3.79. The smallest absolute Gasteiger partial charge is 0.270 e. The highest BCUT2D eigenvalue weighted by Crippen LogP contribution is 2.20. The first-order valence-corrected chi connectivity index (χ1v) is 8.60. The Morgan fingerprint density at radius 1 is 1.32 bits per heavy atom. The van der Waals surface area contributed by atoms with Crippen LogP contribution in [0.2, 0.25) is 0 Å². The van der Waals surface area contributed by atoms with Crippen LogP contribution in [0.15, 0.2) is 4.34 Å². The van der Waals surface area contributed by atoms with Crippen LogP contribution in [0.25, 0.3) is 0 Å². The van der Waals surface area contributed by atoms with Gasteiger partial charge in [-0.05, 0) is 13.8 Å². The fraction of sp³-hybridized carbons (Fsp3) is 0.455. The Kier molecular flexibility index (Phi) is 4.58. The molecule has 0 aliphatic carbocycles. The number of nitrogens with one attached hydrogen (secondary N) is 2. The summed E-state index contributed by atoms with van der Waals surface area (Å²) in [6.07, 6.45) is 0. The molecule has 11 heteroatoms. The number of rotatable bonds is 5. The highest BCUT2D eigenvalue weighted by atomic mass is 32.2. The average molecular weight is 344 g/mol. The van der Waals surface area contributed by atoms with E-state index in [-0.39, 0.29) is 21.9 Å². The predicted octanol–water partition coefficient (Wildman–Crippen LogP) is 0.325. The molecule has 0 atom stereocenters. The first-order chi connectivity index (χ1) is 10.2. The molecule has 2 N–H and O–H groups in total. The van der Waals surface area contributed by atoms with Crippen molar-refractivity contribution in [3.8, 4) is 0 Å². The van der Waals surface area contributed by atoms with Gasteiger partial charge < -0.3 is 5.32 Å². The fourth-order valence-corrected chi connectivity index (χ4v) is 3.80. The van der Waals surface area contributed by atoms with Crippen LogP contribution in [0.5, 0.6) is 0 Å². The fourth-order valence-electron chi connectivity index (χ4n) is 1.82. The lowest BCUT2D eigenvalue weighted by Gasteiger charge is -2.04. The van der Waals surface area contributed by atoms with Crippen molar-refractivity contribution < 1.29 is 13.2 Å². The summed E-state index contributed by atoms with van der Waals surface area (Å²) in [5, 5.41) is 14.0. The highest BCUT2D eigenvalue weighted by molar-refractivity contribution is 7.91. The normalized spacial score (nSPS) is 11.6. The monoisotopic (exact) mass is 344 g/mol.